The number of benzene rings is 5. The summed E-state index contributed by atoms with van der Waals surface area (Å²) in [4.78, 5) is 3.84. The first-order valence-electron chi connectivity index (χ1n) is 12.4. The monoisotopic (exact) mass is 449 g/mol. The van der Waals surface area contributed by atoms with E-state index in [1.54, 1.807) is 0 Å². The molecule has 0 fully saturated rings. The van der Waals surface area contributed by atoms with Gasteiger partial charge in [-0.2, -0.15) is 0 Å². The van der Waals surface area contributed by atoms with E-state index in [0.29, 0.717) is 0 Å². The van der Waals surface area contributed by atoms with E-state index in [1.165, 1.54) is 88.6 Å². The molecule has 1 aliphatic rings. The summed E-state index contributed by atoms with van der Waals surface area (Å²) in [7, 11) is 0. The molecule has 168 valence electrons. The fraction of sp³-hybridized carbons (Fsp3) is 0.118. The zero-order valence-electron chi connectivity index (χ0n) is 20.6. The summed E-state index contributed by atoms with van der Waals surface area (Å²) in [6, 6.07) is 31.4. The second-order valence-corrected chi connectivity index (χ2v) is 10.0. The fourth-order valence-corrected chi connectivity index (χ4v) is 6.31. The molecule has 0 unspecified atom stereocenters. The van der Waals surface area contributed by atoms with Gasteiger partial charge >= 0.3 is 0 Å². The molecular weight excluding hydrogens is 422 g/mol. The van der Waals surface area contributed by atoms with Gasteiger partial charge in [-0.1, -0.05) is 84.4 Å². The van der Waals surface area contributed by atoms with E-state index in [-0.39, 0.29) is 0 Å². The van der Waals surface area contributed by atoms with Gasteiger partial charge in [0.1, 0.15) is 0 Å². The first-order chi connectivity index (χ1) is 17.0. The quantitative estimate of drug-likeness (QED) is 0.237. The number of aromatic amines is 1. The van der Waals surface area contributed by atoms with Crippen molar-refractivity contribution in [3.05, 3.63) is 107 Å². The maximum Gasteiger partial charge on any atom is 0.0504 e. The number of aromatic nitrogens is 1. The highest BCUT2D eigenvalue weighted by Gasteiger charge is 2.27. The number of aryl methyl sites for hydroxylation is 3. The van der Waals surface area contributed by atoms with E-state index in [0.717, 1.165) is 0 Å². The Morgan fingerprint density at radius 2 is 0.971 bits per heavy atom. The van der Waals surface area contributed by atoms with Crippen molar-refractivity contribution >= 4 is 21.8 Å². The highest BCUT2D eigenvalue weighted by atomic mass is 14.7. The van der Waals surface area contributed by atoms with Crippen LogP contribution in [0.15, 0.2) is 84.9 Å². The van der Waals surface area contributed by atoms with Crippen molar-refractivity contribution in [2.45, 2.75) is 27.7 Å². The van der Waals surface area contributed by atoms with Crippen LogP contribution < -0.4 is 0 Å². The minimum atomic E-state index is 1.25. The molecule has 0 radical (unpaired) electrons. The fourth-order valence-electron chi connectivity index (χ4n) is 6.31. The van der Waals surface area contributed by atoms with Crippen molar-refractivity contribution in [1.29, 1.82) is 0 Å². The van der Waals surface area contributed by atoms with Crippen LogP contribution in [0.1, 0.15) is 22.3 Å². The lowest BCUT2D eigenvalue weighted by Crippen LogP contribution is -2.01. The molecule has 1 N–H and O–H groups in total. The van der Waals surface area contributed by atoms with Crippen LogP contribution in [-0.2, 0) is 0 Å². The van der Waals surface area contributed by atoms with Gasteiger partial charge in [0.15, 0.2) is 0 Å². The molecule has 5 aromatic carbocycles. The van der Waals surface area contributed by atoms with Gasteiger partial charge in [-0.3, -0.25) is 0 Å². The van der Waals surface area contributed by atoms with Crippen molar-refractivity contribution in [2.75, 3.05) is 0 Å². The molecule has 7 rings (SSSR count). The highest BCUT2D eigenvalue weighted by molar-refractivity contribution is 6.22. The summed E-state index contributed by atoms with van der Waals surface area (Å²) in [6.07, 6.45) is 0. The summed E-state index contributed by atoms with van der Waals surface area (Å²) in [5.41, 5.74) is 18.3. The van der Waals surface area contributed by atoms with E-state index in [1.807, 2.05) is 0 Å². The number of H-pyrrole nitrogens is 1. The van der Waals surface area contributed by atoms with Gasteiger partial charge in [-0.05, 0) is 89.4 Å². The Bertz CT molecular complexity index is 1830. The van der Waals surface area contributed by atoms with E-state index in [4.69, 9.17) is 0 Å². The molecule has 0 atom stereocenters. The topological polar surface area (TPSA) is 15.8 Å². The molecule has 1 nitrogen and oxygen atoms in total. The lowest BCUT2D eigenvalue weighted by Gasteiger charge is -2.26. The molecule has 0 amide bonds. The normalized spacial score (nSPS) is 12.0. The third kappa shape index (κ3) is 2.70. The number of hydrogen-bond acceptors (Lipinski definition) is 0. The average Bonchev–Trinajstić information content (AvgIpc) is 3.25. The van der Waals surface area contributed by atoms with Gasteiger partial charge in [0.05, 0.1) is 5.52 Å². The number of hydrogen-bond donors (Lipinski definition) is 1. The van der Waals surface area contributed by atoms with Gasteiger partial charge in [-0.25, -0.2) is 0 Å². The number of rotatable bonds is 0. The van der Waals surface area contributed by atoms with E-state index in [9.17, 15) is 0 Å². The van der Waals surface area contributed by atoms with Crippen LogP contribution in [0.5, 0.6) is 0 Å². The first kappa shape index (κ1) is 20.3. The molecule has 1 aromatic heterocycles. The molecule has 0 aliphatic heterocycles. The molecule has 35 heavy (non-hydrogen) atoms. The van der Waals surface area contributed by atoms with Crippen LogP contribution in [0.4, 0.5) is 0 Å². The zero-order chi connectivity index (χ0) is 23.8. The Hall–Kier alpha value is -4.10. The summed E-state index contributed by atoms with van der Waals surface area (Å²) in [6.45, 7) is 8.99. The Kier molecular flexibility index (Phi) is 4.17. The third-order valence-electron chi connectivity index (χ3n) is 7.96. The molecule has 1 heteroatoms. The van der Waals surface area contributed by atoms with Crippen LogP contribution in [0.25, 0.3) is 66.3 Å². The smallest absolute Gasteiger partial charge is 0.0504 e. The van der Waals surface area contributed by atoms with Crippen molar-refractivity contribution in [2.24, 2.45) is 0 Å². The molecule has 1 heterocycles. The maximum atomic E-state index is 3.84. The van der Waals surface area contributed by atoms with Crippen LogP contribution in [0.3, 0.4) is 0 Å². The van der Waals surface area contributed by atoms with Gasteiger partial charge in [0.25, 0.3) is 0 Å². The lowest BCUT2D eigenvalue weighted by atomic mass is 9.77. The first-order valence-corrected chi connectivity index (χ1v) is 12.4. The highest BCUT2D eigenvalue weighted by Crippen LogP contribution is 2.52. The second kappa shape index (κ2) is 7.20. The van der Waals surface area contributed by atoms with Gasteiger partial charge in [-0.15, -0.1) is 0 Å². The molecule has 0 saturated carbocycles. The van der Waals surface area contributed by atoms with Crippen LogP contribution in [0.2, 0.25) is 0 Å². The Labute approximate surface area is 206 Å². The summed E-state index contributed by atoms with van der Waals surface area (Å²) in [5, 5.41) is 2.66. The minimum absolute atomic E-state index is 1.25. The molecule has 0 bridgehead atoms. The van der Waals surface area contributed by atoms with Crippen LogP contribution >= 0.6 is 0 Å². The largest absolute Gasteiger partial charge is 0.354 e. The second-order valence-electron chi connectivity index (χ2n) is 10.0. The summed E-state index contributed by atoms with van der Waals surface area (Å²) >= 11 is 0. The molecule has 6 aromatic rings. The Morgan fingerprint density at radius 1 is 0.486 bits per heavy atom. The predicted molar refractivity (Wildman–Crippen MR) is 150 cm³/mol. The Balaban J connectivity index is 1.81. The van der Waals surface area contributed by atoms with Crippen molar-refractivity contribution in [3.8, 4) is 44.5 Å². The standard InChI is InChI=1S/C34H27N/c1-19-17-20(2)33-29(18-19)32-31-28-16-10-8-14-26(28)24-12-6-5-11-23(24)25-13-7-9-15-27(25)30(31)21(3)22(4)34(32)35-33/h5-18,35H,1-4H3. The molecule has 0 spiro atoms. The van der Waals surface area contributed by atoms with E-state index < -0.39 is 0 Å². The number of nitrogens with one attached hydrogen (secondary N) is 1. The van der Waals surface area contributed by atoms with E-state index in [2.05, 4.69) is 118 Å². The third-order valence-corrected chi connectivity index (χ3v) is 7.96. The van der Waals surface area contributed by atoms with Gasteiger partial charge in [0.2, 0.25) is 0 Å². The summed E-state index contributed by atoms with van der Waals surface area (Å²) in [5.74, 6) is 0. The van der Waals surface area contributed by atoms with Crippen LogP contribution in [-0.4, -0.2) is 4.98 Å². The summed E-state index contributed by atoms with van der Waals surface area (Å²) < 4.78 is 0. The van der Waals surface area contributed by atoms with Gasteiger partial charge in [0, 0.05) is 21.9 Å². The van der Waals surface area contributed by atoms with Crippen molar-refractivity contribution in [3.63, 3.8) is 0 Å². The average molecular weight is 450 g/mol. The van der Waals surface area contributed by atoms with Crippen molar-refractivity contribution in [1.82, 2.24) is 4.98 Å². The SMILES string of the molecule is Cc1cc(C)c2[nH]c3c(C)c(C)c4c(c3c2c1)-c1ccccc1-c1ccccc1-c1ccccc1-4. The van der Waals surface area contributed by atoms with E-state index >= 15 is 0 Å². The molecule has 1 aliphatic carbocycles. The molecule has 0 saturated heterocycles. The number of fused-ring (bicyclic) bond motifs is 12. The maximum absolute atomic E-state index is 3.84. The minimum Gasteiger partial charge on any atom is -0.354 e. The Morgan fingerprint density at radius 3 is 1.54 bits per heavy atom. The van der Waals surface area contributed by atoms with Crippen molar-refractivity contribution < 1.29 is 0 Å². The van der Waals surface area contributed by atoms with Gasteiger partial charge < -0.3 is 4.98 Å². The predicted octanol–water partition coefficient (Wildman–Crippen LogP) is 9.54. The van der Waals surface area contributed by atoms with Crippen LogP contribution in [0, 0.1) is 27.7 Å². The molecular formula is C34H27N. The lowest BCUT2D eigenvalue weighted by molar-refractivity contribution is 1.34. The zero-order valence-corrected chi connectivity index (χ0v) is 20.6.